The molecule has 0 aromatic rings. The number of esters is 1. The van der Waals surface area contributed by atoms with Crippen molar-refractivity contribution in [3.05, 3.63) is 12.2 Å². The van der Waals surface area contributed by atoms with E-state index in [0.29, 0.717) is 5.92 Å². The zero-order valence-corrected chi connectivity index (χ0v) is 7.90. The molecule has 0 aromatic carbocycles. The summed E-state index contributed by atoms with van der Waals surface area (Å²) in [5, 5.41) is 8.52. The van der Waals surface area contributed by atoms with Crippen molar-refractivity contribution in [2.45, 2.75) is 32.3 Å². The molecule has 1 rings (SSSR count). The zero-order valence-electron chi connectivity index (χ0n) is 7.90. The van der Waals surface area contributed by atoms with Crippen LogP contribution in [0, 0.1) is 5.92 Å². The first-order valence-electron chi connectivity index (χ1n) is 4.69. The van der Waals surface area contributed by atoms with Crippen molar-refractivity contribution in [2.75, 3.05) is 6.61 Å². The van der Waals surface area contributed by atoms with Gasteiger partial charge in [-0.3, -0.25) is 4.79 Å². The van der Waals surface area contributed by atoms with Gasteiger partial charge < -0.3 is 9.84 Å². The standard InChI is InChI=1S/C10H16O3/c1-8-4-2-3-5-9(8)13-10(12)6-7-11/h2-3,8-9,11H,4-7H2,1H3. The van der Waals surface area contributed by atoms with Crippen molar-refractivity contribution in [1.82, 2.24) is 0 Å². The van der Waals surface area contributed by atoms with Gasteiger partial charge in [0, 0.05) is 6.42 Å². The molecule has 0 amide bonds. The molecule has 0 bridgehead atoms. The van der Waals surface area contributed by atoms with E-state index in [9.17, 15) is 4.79 Å². The number of carbonyl (C=O) groups is 1. The van der Waals surface area contributed by atoms with Gasteiger partial charge in [-0.05, 0) is 12.3 Å². The van der Waals surface area contributed by atoms with Crippen molar-refractivity contribution in [2.24, 2.45) is 5.92 Å². The Kier molecular flexibility index (Phi) is 3.96. The monoisotopic (exact) mass is 184 g/mol. The van der Waals surface area contributed by atoms with Crippen LogP contribution in [0.5, 0.6) is 0 Å². The predicted molar refractivity (Wildman–Crippen MR) is 49.1 cm³/mol. The minimum Gasteiger partial charge on any atom is -0.462 e. The lowest BCUT2D eigenvalue weighted by molar-refractivity contribution is -0.152. The first kappa shape index (κ1) is 10.3. The molecule has 1 aliphatic rings. The highest BCUT2D eigenvalue weighted by Crippen LogP contribution is 2.21. The summed E-state index contributed by atoms with van der Waals surface area (Å²) in [6.07, 6.45) is 6.03. The van der Waals surface area contributed by atoms with Crippen LogP contribution in [0.1, 0.15) is 26.2 Å². The van der Waals surface area contributed by atoms with Gasteiger partial charge in [0.2, 0.25) is 0 Å². The molecule has 0 saturated carbocycles. The van der Waals surface area contributed by atoms with Crippen LogP contribution in [0.2, 0.25) is 0 Å². The highest BCUT2D eigenvalue weighted by atomic mass is 16.5. The highest BCUT2D eigenvalue weighted by Gasteiger charge is 2.21. The number of hydrogen-bond donors (Lipinski definition) is 1. The third-order valence-corrected chi connectivity index (χ3v) is 2.28. The molecular weight excluding hydrogens is 168 g/mol. The Morgan fingerprint density at radius 3 is 2.85 bits per heavy atom. The number of carbonyl (C=O) groups excluding carboxylic acids is 1. The van der Waals surface area contributed by atoms with Crippen LogP contribution in [0.25, 0.3) is 0 Å². The maximum atomic E-state index is 11.1. The summed E-state index contributed by atoms with van der Waals surface area (Å²) < 4.78 is 5.19. The van der Waals surface area contributed by atoms with E-state index in [1.54, 1.807) is 0 Å². The number of ether oxygens (including phenoxy) is 1. The minimum absolute atomic E-state index is 0.00375. The quantitative estimate of drug-likeness (QED) is 0.530. The van der Waals surface area contributed by atoms with Crippen molar-refractivity contribution in [3.8, 4) is 0 Å². The smallest absolute Gasteiger partial charge is 0.308 e. The summed E-state index contributed by atoms with van der Waals surface area (Å²) in [5.74, 6) is 0.0993. The predicted octanol–water partition coefficient (Wildman–Crippen LogP) is 1.27. The molecule has 13 heavy (non-hydrogen) atoms. The summed E-state index contributed by atoms with van der Waals surface area (Å²) >= 11 is 0. The fourth-order valence-electron chi connectivity index (χ4n) is 1.41. The Morgan fingerprint density at radius 1 is 1.54 bits per heavy atom. The molecular formula is C10H16O3. The normalized spacial score (nSPS) is 27.2. The van der Waals surface area contributed by atoms with Crippen molar-refractivity contribution in [1.29, 1.82) is 0 Å². The maximum absolute atomic E-state index is 11.1. The molecule has 2 atom stereocenters. The molecule has 2 unspecified atom stereocenters. The fourth-order valence-corrected chi connectivity index (χ4v) is 1.41. The third kappa shape index (κ3) is 3.19. The largest absolute Gasteiger partial charge is 0.462 e. The molecule has 0 heterocycles. The highest BCUT2D eigenvalue weighted by molar-refractivity contribution is 5.69. The molecule has 1 aliphatic carbocycles. The van der Waals surface area contributed by atoms with Gasteiger partial charge in [-0.15, -0.1) is 0 Å². The van der Waals surface area contributed by atoms with Crippen molar-refractivity contribution >= 4 is 5.97 Å². The molecule has 0 saturated heterocycles. The number of aliphatic hydroxyl groups is 1. The number of hydrogen-bond acceptors (Lipinski definition) is 3. The first-order valence-corrected chi connectivity index (χ1v) is 4.69. The second-order valence-electron chi connectivity index (χ2n) is 3.42. The average Bonchev–Trinajstić information content (AvgIpc) is 2.09. The van der Waals surface area contributed by atoms with E-state index in [1.165, 1.54) is 0 Å². The number of aliphatic hydroxyl groups excluding tert-OH is 1. The Balaban J connectivity index is 2.35. The van der Waals surface area contributed by atoms with Crippen LogP contribution in [0.4, 0.5) is 0 Å². The SMILES string of the molecule is CC1CC=CCC1OC(=O)CCO. The van der Waals surface area contributed by atoms with Crippen LogP contribution in [-0.2, 0) is 9.53 Å². The Labute approximate surface area is 78.4 Å². The van der Waals surface area contributed by atoms with Gasteiger partial charge in [-0.25, -0.2) is 0 Å². The summed E-state index contributed by atoms with van der Waals surface area (Å²) in [7, 11) is 0. The van der Waals surface area contributed by atoms with Gasteiger partial charge in [-0.2, -0.15) is 0 Å². The fraction of sp³-hybridized carbons (Fsp3) is 0.700. The lowest BCUT2D eigenvalue weighted by atomic mass is 9.93. The molecule has 3 heteroatoms. The first-order chi connectivity index (χ1) is 6.24. The van der Waals surface area contributed by atoms with Crippen LogP contribution in [-0.4, -0.2) is 23.8 Å². The van der Waals surface area contributed by atoms with Gasteiger partial charge >= 0.3 is 5.97 Å². The lowest BCUT2D eigenvalue weighted by Gasteiger charge is -2.24. The summed E-state index contributed by atoms with van der Waals surface area (Å²) in [6.45, 7) is 1.94. The van der Waals surface area contributed by atoms with Gasteiger partial charge in [0.25, 0.3) is 0 Å². The van der Waals surface area contributed by atoms with E-state index >= 15 is 0 Å². The van der Waals surface area contributed by atoms with Gasteiger partial charge in [0.05, 0.1) is 13.0 Å². The second kappa shape index (κ2) is 5.02. The van der Waals surface area contributed by atoms with Gasteiger partial charge in [0.15, 0.2) is 0 Å². The van der Waals surface area contributed by atoms with Crippen LogP contribution < -0.4 is 0 Å². The van der Waals surface area contributed by atoms with E-state index in [4.69, 9.17) is 9.84 Å². The second-order valence-corrected chi connectivity index (χ2v) is 3.42. The lowest BCUT2D eigenvalue weighted by Crippen LogP contribution is -2.26. The summed E-state index contributed by atoms with van der Waals surface area (Å²) in [4.78, 5) is 11.1. The van der Waals surface area contributed by atoms with E-state index in [1.807, 2.05) is 6.08 Å². The Morgan fingerprint density at radius 2 is 2.23 bits per heavy atom. The topological polar surface area (TPSA) is 46.5 Å². The molecule has 0 radical (unpaired) electrons. The van der Waals surface area contributed by atoms with Crippen molar-refractivity contribution in [3.63, 3.8) is 0 Å². The average molecular weight is 184 g/mol. The number of rotatable bonds is 3. The number of allylic oxidation sites excluding steroid dienone is 1. The minimum atomic E-state index is -0.297. The summed E-state index contributed by atoms with van der Waals surface area (Å²) in [5.41, 5.74) is 0. The van der Waals surface area contributed by atoms with Crippen LogP contribution in [0.15, 0.2) is 12.2 Å². The molecule has 0 aromatic heterocycles. The van der Waals surface area contributed by atoms with Crippen molar-refractivity contribution < 1.29 is 14.6 Å². The maximum Gasteiger partial charge on any atom is 0.308 e. The molecule has 0 fully saturated rings. The molecule has 0 spiro atoms. The molecule has 3 nitrogen and oxygen atoms in total. The van der Waals surface area contributed by atoms with E-state index in [2.05, 4.69) is 13.0 Å². The van der Waals surface area contributed by atoms with Crippen LogP contribution in [0.3, 0.4) is 0 Å². The van der Waals surface area contributed by atoms with E-state index in [-0.39, 0.29) is 25.1 Å². The molecule has 1 N–H and O–H groups in total. The molecule has 74 valence electrons. The van der Waals surface area contributed by atoms with E-state index < -0.39 is 0 Å². The Bertz CT molecular complexity index is 198. The van der Waals surface area contributed by atoms with Gasteiger partial charge in [0.1, 0.15) is 6.10 Å². The summed E-state index contributed by atoms with van der Waals surface area (Å²) in [6, 6.07) is 0. The third-order valence-electron chi connectivity index (χ3n) is 2.28. The van der Waals surface area contributed by atoms with E-state index in [0.717, 1.165) is 12.8 Å². The molecule has 0 aliphatic heterocycles. The van der Waals surface area contributed by atoms with Crippen LogP contribution >= 0.6 is 0 Å². The van der Waals surface area contributed by atoms with Gasteiger partial charge in [-0.1, -0.05) is 19.1 Å². The Hall–Kier alpha value is -0.830. The zero-order chi connectivity index (χ0) is 9.68.